The number of hydrogen-bond acceptors (Lipinski definition) is 4. The van der Waals surface area contributed by atoms with Crippen LogP contribution in [-0.2, 0) is 20.9 Å². The fraction of sp³-hybridized carbons (Fsp3) is 0.722. The van der Waals surface area contributed by atoms with Gasteiger partial charge in [-0.1, -0.05) is 0 Å². The van der Waals surface area contributed by atoms with Crippen LogP contribution in [0.25, 0.3) is 0 Å². The molecule has 0 unspecified atom stereocenters. The summed E-state index contributed by atoms with van der Waals surface area (Å²) in [4.78, 5) is 29.3. The Morgan fingerprint density at radius 3 is 2.88 bits per heavy atom. The number of piperidine rings is 1. The summed E-state index contributed by atoms with van der Waals surface area (Å²) in [6.45, 7) is 5.78. The van der Waals surface area contributed by atoms with Gasteiger partial charge in [-0.15, -0.1) is 0 Å². The van der Waals surface area contributed by atoms with E-state index in [4.69, 9.17) is 4.74 Å². The van der Waals surface area contributed by atoms with Crippen LogP contribution in [0.5, 0.6) is 0 Å². The lowest BCUT2D eigenvalue weighted by molar-refractivity contribution is -0.146. The van der Waals surface area contributed by atoms with Gasteiger partial charge in [-0.05, 0) is 32.3 Å². The summed E-state index contributed by atoms with van der Waals surface area (Å²) >= 11 is 0. The van der Waals surface area contributed by atoms with Crippen molar-refractivity contribution >= 4 is 11.8 Å². The van der Waals surface area contributed by atoms with Gasteiger partial charge in [0.15, 0.2) is 0 Å². The first-order chi connectivity index (χ1) is 12.0. The third-order valence-electron chi connectivity index (χ3n) is 5.42. The second kappa shape index (κ2) is 7.56. The first-order valence-electron chi connectivity index (χ1n) is 9.10. The molecule has 1 spiro atoms. The van der Waals surface area contributed by atoms with Gasteiger partial charge in [0.25, 0.3) is 0 Å². The minimum Gasteiger partial charge on any atom is -0.383 e. The average Bonchev–Trinajstić information content (AvgIpc) is 3.21. The Kier molecular flexibility index (Phi) is 5.42. The number of aryl methyl sites for hydroxylation is 2. The molecule has 0 N–H and O–H groups in total. The van der Waals surface area contributed by atoms with Crippen molar-refractivity contribution in [2.45, 2.75) is 39.2 Å². The van der Waals surface area contributed by atoms with Gasteiger partial charge in [-0.25, -0.2) is 0 Å². The minimum atomic E-state index is -0.371. The van der Waals surface area contributed by atoms with Crippen molar-refractivity contribution in [3.05, 3.63) is 18.0 Å². The van der Waals surface area contributed by atoms with E-state index < -0.39 is 0 Å². The standard InChI is InChI=1S/C18H28N4O3/c1-15-4-9-22(19-15)10-5-16(23)21-11-7-18(14-21)6-3-8-20(17(18)24)12-13-25-2/h4,9H,3,5-8,10-14H2,1-2H3/t18-/m1/s1. The SMILES string of the molecule is COCCN1CCC[C@]2(CCN(C(=O)CCn3ccc(C)n3)C2)C1=O. The van der Waals surface area contributed by atoms with Gasteiger partial charge in [0.05, 0.1) is 17.7 Å². The van der Waals surface area contributed by atoms with Crippen LogP contribution in [-0.4, -0.2) is 71.3 Å². The van der Waals surface area contributed by atoms with Gasteiger partial charge >= 0.3 is 0 Å². The number of methoxy groups -OCH3 is 1. The van der Waals surface area contributed by atoms with E-state index in [2.05, 4.69) is 5.10 Å². The molecule has 1 aromatic rings. The molecule has 0 saturated carbocycles. The highest BCUT2D eigenvalue weighted by Gasteiger charge is 2.49. The van der Waals surface area contributed by atoms with Crippen molar-refractivity contribution in [1.29, 1.82) is 0 Å². The van der Waals surface area contributed by atoms with E-state index in [1.165, 1.54) is 0 Å². The summed E-state index contributed by atoms with van der Waals surface area (Å²) < 4.78 is 6.92. The summed E-state index contributed by atoms with van der Waals surface area (Å²) in [5.41, 5.74) is 0.584. The number of hydrogen-bond donors (Lipinski definition) is 0. The molecule has 1 atom stereocenters. The molecule has 2 aliphatic rings. The normalized spacial score (nSPS) is 23.7. The first-order valence-corrected chi connectivity index (χ1v) is 9.10. The summed E-state index contributed by atoms with van der Waals surface area (Å²) in [5, 5.41) is 4.32. The smallest absolute Gasteiger partial charge is 0.230 e. The van der Waals surface area contributed by atoms with Crippen molar-refractivity contribution in [2.75, 3.05) is 39.9 Å². The lowest BCUT2D eigenvalue weighted by Gasteiger charge is -2.39. The van der Waals surface area contributed by atoms with Crippen LogP contribution >= 0.6 is 0 Å². The molecule has 0 bridgehead atoms. The zero-order chi connectivity index (χ0) is 17.9. The van der Waals surface area contributed by atoms with E-state index in [0.717, 1.165) is 31.5 Å². The van der Waals surface area contributed by atoms with Gasteiger partial charge in [0.1, 0.15) is 0 Å². The Morgan fingerprint density at radius 1 is 1.32 bits per heavy atom. The van der Waals surface area contributed by atoms with Gasteiger partial charge in [0, 0.05) is 52.5 Å². The highest BCUT2D eigenvalue weighted by molar-refractivity contribution is 5.86. The number of carbonyl (C=O) groups is 2. The summed E-state index contributed by atoms with van der Waals surface area (Å²) in [7, 11) is 1.65. The Balaban J connectivity index is 1.56. The maximum absolute atomic E-state index is 12.9. The number of amides is 2. The van der Waals surface area contributed by atoms with E-state index in [-0.39, 0.29) is 17.2 Å². The van der Waals surface area contributed by atoms with E-state index in [9.17, 15) is 9.59 Å². The zero-order valence-electron chi connectivity index (χ0n) is 15.2. The molecule has 1 aromatic heterocycles. The number of likely N-dealkylation sites (tertiary alicyclic amines) is 2. The number of rotatable bonds is 6. The molecule has 0 aromatic carbocycles. The van der Waals surface area contributed by atoms with Crippen molar-refractivity contribution in [2.24, 2.45) is 5.41 Å². The van der Waals surface area contributed by atoms with Gasteiger partial charge < -0.3 is 14.5 Å². The van der Waals surface area contributed by atoms with E-state index in [0.29, 0.717) is 39.2 Å². The molecule has 0 radical (unpaired) electrons. The lowest BCUT2D eigenvalue weighted by Crippen LogP contribution is -2.51. The van der Waals surface area contributed by atoms with Crippen molar-refractivity contribution < 1.29 is 14.3 Å². The predicted molar refractivity (Wildman–Crippen MR) is 92.9 cm³/mol. The van der Waals surface area contributed by atoms with Crippen LogP contribution in [0.4, 0.5) is 0 Å². The molecule has 3 rings (SSSR count). The zero-order valence-corrected chi connectivity index (χ0v) is 15.2. The summed E-state index contributed by atoms with van der Waals surface area (Å²) in [5.74, 6) is 0.320. The molecule has 25 heavy (non-hydrogen) atoms. The van der Waals surface area contributed by atoms with Crippen molar-refractivity contribution in [1.82, 2.24) is 19.6 Å². The molecule has 2 saturated heterocycles. The second-order valence-electron chi connectivity index (χ2n) is 7.20. The number of aromatic nitrogens is 2. The number of nitrogens with zero attached hydrogens (tertiary/aromatic N) is 4. The largest absolute Gasteiger partial charge is 0.383 e. The summed E-state index contributed by atoms with van der Waals surface area (Å²) in [6, 6.07) is 1.94. The molecule has 7 heteroatoms. The second-order valence-corrected chi connectivity index (χ2v) is 7.20. The highest BCUT2D eigenvalue weighted by atomic mass is 16.5. The molecular weight excluding hydrogens is 320 g/mol. The third-order valence-corrected chi connectivity index (χ3v) is 5.42. The fourth-order valence-electron chi connectivity index (χ4n) is 3.99. The quantitative estimate of drug-likeness (QED) is 0.771. The van der Waals surface area contributed by atoms with Gasteiger partial charge in [0.2, 0.25) is 11.8 Å². The summed E-state index contributed by atoms with van der Waals surface area (Å²) in [6.07, 6.45) is 4.99. The third kappa shape index (κ3) is 3.86. The van der Waals surface area contributed by atoms with Crippen LogP contribution in [0.15, 0.2) is 12.3 Å². The molecular formula is C18H28N4O3. The topological polar surface area (TPSA) is 67.7 Å². The van der Waals surface area contributed by atoms with Crippen molar-refractivity contribution in [3.8, 4) is 0 Å². The molecule has 2 amide bonds. The van der Waals surface area contributed by atoms with E-state index in [1.807, 2.05) is 29.0 Å². The fourth-order valence-corrected chi connectivity index (χ4v) is 3.99. The lowest BCUT2D eigenvalue weighted by atomic mass is 9.78. The molecule has 7 nitrogen and oxygen atoms in total. The molecule has 3 heterocycles. The molecule has 2 fully saturated rings. The van der Waals surface area contributed by atoms with Crippen LogP contribution in [0.2, 0.25) is 0 Å². The molecule has 2 aliphatic heterocycles. The molecule has 0 aliphatic carbocycles. The van der Waals surface area contributed by atoms with Gasteiger partial charge in [-0.3, -0.25) is 14.3 Å². The number of carbonyl (C=O) groups excluding carboxylic acids is 2. The predicted octanol–water partition coefficient (Wildman–Crippen LogP) is 1.07. The molecule has 138 valence electrons. The number of ether oxygens (including phenoxy) is 1. The average molecular weight is 348 g/mol. The van der Waals surface area contributed by atoms with E-state index >= 15 is 0 Å². The van der Waals surface area contributed by atoms with E-state index in [1.54, 1.807) is 11.8 Å². The van der Waals surface area contributed by atoms with Crippen LogP contribution in [0.1, 0.15) is 31.4 Å². The maximum atomic E-state index is 12.9. The monoisotopic (exact) mass is 348 g/mol. The van der Waals surface area contributed by atoms with Crippen molar-refractivity contribution in [3.63, 3.8) is 0 Å². The maximum Gasteiger partial charge on any atom is 0.230 e. The Hall–Kier alpha value is -1.89. The minimum absolute atomic E-state index is 0.117. The Morgan fingerprint density at radius 2 is 2.16 bits per heavy atom. The van der Waals surface area contributed by atoms with Crippen LogP contribution in [0, 0.1) is 12.3 Å². The van der Waals surface area contributed by atoms with Crippen LogP contribution < -0.4 is 0 Å². The highest BCUT2D eigenvalue weighted by Crippen LogP contribution is 2.40. The van der Waals surface area contributed by atoms with Crippen LogP contribution in [0.3, 0.4) is 0 Å². The Labute approximate surface area is 148 Å². The van der Waals surface area contributed by atoms with Gasteiger partial charge in [-0.2, -0.15) is 5.10 Å². The first kappa shape index (κ1) is 17.9. The Bertz CT molecular complexity index is 630.